The van der Waals surface area contributed by atoms with E-state index in [1.807, 2.05) is 33.8 Å². The van der Waals surface area contributed by atoms with Crippen LogP contribution in [0.4, 0.5) is 56.3 Å². The van der Waals surface area contributed by atoms with E-state index in [0.717, 1.165) is 11.4 Å². The molecule has 0 saturated heterocycles. The van der Waals surface area contributed by atoms with Gasteiger partial charge in [0.25, 0.3) is 14.6 Å². The molecule has 4 N–H and O–H groups in total. The second-order valence-corrected chi connectivity index (χ2v) is 15.4. The van der Waals surface area contributed by atoms with Crippen LogP contribution in [0.25, 0.3) is 0 Å². The van der Waals surface area contributed by atoms with E-state index in [-0.39, 0.29) is 29.3 Å². The van der Waals surface area contributed by atoms with Crippen molar-refractivity contribution in [1.82, 2.24) is 35.3 Å². The molecule has 0 atom stereocenters. The molecule has 0 spiro atoms. The Labute approximate surface area is 334 Å². The Morgan fingerprint density at radius 2 is 1.30 bits per heavy atom. The van der Waals surface area contributed by atoms with E-state index < -0.39 is 14.5 Å². The summed E-state index contributed by atoms with van der Waals surface area (Å²) < 4.78 is 43.3. The fraction of sp³-hybridized carbons (Fsp3) is 0.387. The minimum Gasteiger partial charge on any atom is -0.494 e. The summed E-state index contributed by atoms with van der Waals surface area (Å²) >= 11 is 2.98. The minimum atomic E-state index is -4.58. The van der Waals surface area contributed by atoms with Crippen LogP contribution >= 0.6 is 34.4 Å². The standard InChI is InChI=1S/C31H39N15O6S4/c1-7-45(8-2)22-13-18(20(15-24(22)51-5)38-41-29-40-32-17-54-29)33-26-35-27(37-28(36-26)53-12-11-47)34-19-14-23(46(9-3)10-4)25(52-6)16-21(19)39-42-30-43-44-31(55-30)56(48,49)50/h13-17,47H,7-12H2,1-6H3,(H,48,49,50)(H2,33,34,35,36,37). The maximum Gasteiger partial charge on any atom is 0.324 e. The van der Waals surface area contributed by atoms with Gasteiger partial charge < -0.3 is 35.0 Å². The number of rotatable bonds is 20. The number of aliphatic hydroxyl groups excluding tert-OH is 1. The second kappa shape index (κ2) is 19.6. The third-order valence-electron chi connectivity index (χ3n) is 7.68. The highest BCUT2D eigenvalue weighted by atomic mass is 32.3. The summed E-state index contributed by atoms with van der Waals surface area (Å²) in [4.78, 5) is 18.1. The molecule has 5 rings (SSSR count). The molecule has 0 saturated carbocycles. The zero-order chi connectivity index (χ0) is 40.2. The maximum absolute atomic E-state index is 11.6. The Balaban J connectivity index is 1.62. The number of ether oxygens (including phenoxy) is 2. The lowest BCUT2D eigenvalue weighted by Crippen LogP contribution is -2.22. The predicted octanol–water partition coefficient (Wildman–Crippen LogP) is 6.93. The number of aliphatic hydroxyl groups is 1. The zero-order valence-corrected chi connectivity index (χ0v) is 34.4. The molecule has 2 aromatic carbocycles. The molecule has 0 fully saturated rings. The Bertz CT molecular complexity index is 2250. The number of aromatic nitrogens is 7. The molecule has 21 nitrogen and oxygen atoms in total. The molecule has 25 heteroatoms. The van der Waals surface area contributed by atoms with Gasteiger partial charge in [-0.2, -0.15) is 23.4 Å². The minimum absolute atomic E-state index is 0.106. The highest BCUT2D eigenvalue weighted by Crippen LogP contribution is 2.42. The van der Waals surface area contributed by atoms with Crippen LogP contribution in [0.1, 0.15) is 27.7 Å². The summed E-state index contributed by atoms with van der Waals surface area (Å²) in [6.07, 6.45) is 0. The van der Waals surface area contributed by atoms with Crippen molar-refractivity contribution in [1.29, 1.82) is 0 Å². The average molecular weight is 846 g/mol. The van der Waals surface area contributed by atoms with E-state index in [1.165, 1.54) is 30.2 Å². The summed E-state index contributed by atoms with van der Waals surface area (Å²) in [5, 5.41) is 48.8. The first-order valence-electron chi connectivity index (χ1n) is 16.9. The van der Waals surface area contributed by atoms with Crippen LogP contribution in [0, 0.1) is 0 Å². The van der Waals surface area contributed by atoms with Crippen LogP contribution in [-0.2, 0) is 10.1 Å². The Kier molecular flexibility index (Phi) is 14.7. The number of hydrogen-bond acceptors (Lipinski definition) is 23. The summed E-state index contributed by atoms with van der Waals surface area (Å²) in [5.41, 5.74) is 4.64. The van der Waals surface area contributed by atoms with Gasteiger partial charge in [-0.15, -0.1) is 40.9 Å². The van der Waals surface area contributed by atoms with Gasteiger partial charge in [0.05, 0.1) is 43.6 Å². The molecule has 0 bridgehead atoms. The number of anilines is 6. The summed E-state index contributed by atoms with van der Waals surface area (Å²) in [5.74, 6) is 1.61. The number of methoxy groups -OCH3 is 2. The first-order valence-corrected chi connectivity index (χ1v) is 21.0. The lowest BCUT2D eigenvalue weighted by molar-refractivity contribution is 0.322. The Morgan fingerprint density at radius 1 is 0.768 bits per heavy atom. The Morgan fingerprint density at radius 3 is 1.73 bits per heavy atom. The van der Waals surface area contributed by atoms with Crippen molar-refractivity contribution in [3.63, 3.8) is 0 Å². The van der Waals surface area contributed by atoms with E-state index >= 15 is 0 Å². The van der Waals surface area contributed by atoms with Crippen molar-refractivity contribution in [2.75, 3.05) is 73.2 Å². The Hall–Kier alpha value is -5.21. The fourth-order valence-electron chi connectivity index (χ4n) is 5.09. The van der Waals surface area contributed by atoms with Gasteiger partial charge >= 0.3 is 10.1 Å². The molecule has 0 radical (unpaired) electrons. The molecule has 3 heterocycles. The molecular formula is C31H39N15O6S4. The lowest BCUT2D eigenvalue weighted by atomic mass is 10.2. The molecule has 5 aromatic rings. The summed E-state index contributed by atoms with van der Waals surface area (Å²) in [6.45, 7) is 10.7. The number of nitrogens with zero attached hydrogens (tertiary/aromatic N) is 13. The molecule has 0 amide bonds. The average Bonchev–Trinajstić information content (AvgIpc) is 3.90. The van der Waals surface area contributed by atoms with Crippen molar-refractivity contribution in [3.8, 4) is 11.5 Å². The van der Waals surface area contributed by atoms with Gasteiger partial charge in [0, 0.05) is 44.1 Å². The number of nitrogens with one attached hydrogen (secondary N) is 2. The van der Waals surface area contributed by atoms with Crippen LogP contribution in [0.2, 0.25) is 0 Å². The second-order valence-electron chi connectivity index (χ2n) is 11.0. The molecular weight excluding hydrogens is 807 g/mol. The maximum atomic E-state index is 11.6. The van der Waals surface area contributed by atoms with Crippen LogP contribution in [-0.4, -0.2) is 106 Å². The van der Waals surface area contributed by atoms with Gasteiger partial charge in [-0.25, -0.2) is 0 Å². The SMILES string of the molecule is CCN(CC)c1cc(Nc2nc(Nc3cc(N(CC)CC)c(OC)cc3N=Nc3nnc(S(=O)(=O)O)s3)nc(SCCO)n2)c(N=Nc2nncs2)cc1OC. The molecule has 0 aliphatic rings. The number of hydrogen-bond donors (Lipinski definition) is 4. The van der Waals surface area contributed by atoms with E-state index in [1.54, 1.807) is 30.8 Å². The predicted molar refractivity (Wildman–Crippen MR) is 215 cm³/mol. The zero-order valence-electron chi connectivity index (χ0n) is 31.1. The van der Waals surface area contributed by atoms with Crippen LogP contribution in [0.3, 0.4) is 0 Å². The highest BCUT2D eigenvalue weighted by molar-refractivity contribution is 7.99. The third kappa shape index (κ3) is 10.5. The van der Waals surface area contributed by atoms with Gasteiger partial charge in [-0.3, -0.25) is 4.55 Å². The van der Waals surface area contributed by atoms with Crippen LogP contribution < -0.4 is 29.9 Å². The monoisotopic (exact) mass is 845 g/mol. The lowest BCUT2D eigenvalue weighted by Gasteiger charge is -2.25. The quantitative estimate of drug-likeness (QED) is 0.0351. The summed E-state index contributed by atoms with van der Waals surface area (Å²) in [6, 6.07) is 7.07. The normalized spacial score (nSPS) is 11.7. The largest absolute Gasteiger partial charge is 0.494 e. The van der Waals surface area contributed by atoms with Gasteiger partial charge in [0.1, 0.15) is 28.4 Å². The van der Waals surface area contributed by atoms with Gasteiger partial charge in [0.15, 0.2) is 5.16 Å². The number of thioether (sulfide) groups is 1. The first-order chi connectivity index (χ1) is 27.0. The van der Waals surface area contributed by atoms with Crippen molar-refractivity contribution in [2.24, 2.45) is 20.5 Å². The third-order valence-corrected chi connectivity index (χ3v) is 11.1. The van der Waals surface area contributed by atoms with Crippen molar-refractivity contribution in [2.45, 2.75) is 37.2 Å². The van der Waals surface area contributed by atoms with E-state index in [0.29, 0.717) is 82.1 Å². The molecule has 56 heavy (non-hydrogen) atoms. The number of benzene rings is 2. The van der Waals surface area contributed by atoms with E-state index in [4.69, 9.17) is 14.5 Å². The van der Waals surface area contributed by atoms with E-state index in [2.05, 4.69) is 71.3 Å². The highest BCUT2D eigenvalue weighted by Gasteiger charge is 2.21. The summed E-state index contributed by atoms with van der Waals surface area (Å²) in [7, 11) is -1.47. The fourth-order valence-corrected chi connectivity index (χ4v) is 7.23. The smallest absolute Gasteiger partial charge is 0.324 e. The molecule has 0 aliphatic carbocycles. The molecule has 0 unspecified atom stereocenters. The first kappa shape index (κ1) is 41.9. The van der Waals surface area contributed by atoms with Crippen LogP contribution in [0.5, 0.6) is 11.5 Å². The van der Waals surface area contributed by atoms with E-state index in [9.17, 15) is 18.1 Å². The van der Waals surface area contributed by atoms with Crippen LogP contribution in [0.15, 0.2) is 59.7 Å². The number of azo groups is 2. The molecule has 298 valence electrons. The molecule has 0 aliphatic heterocycles. The van der Waals surface area contributed by atoms with Gasteiger partial charge in [-0.1, -0.05) is 34.4 Å². The van der Waals surface area contributed by atoms with Gasteiger partial charge in [-0.05, 0) is 39.8 Å². The topological polar surface area (TPSA) is 263 Å². The van der Waals surface area contributed by atoms with Crippen molar-refractivity contribution in [3.05, 3.63) is 29.8 Å². The van der Waals surface area contributed by atoms with Crippen molar-refractivity contribution < 1.29 is 27.6 Å². The molecule has 3 aromatic heterocycles. The van der Waals surface area contributed by atoms with Crippen molar-refractivity contribution >= 4 is 101 Å². The van der Waals surface area contributed by atoms with Gasteiger partial charge in [0.2, 0.25) is 11.9 Å².